The molecule has 1 amide bonds. The van der Waals surface area contributed by atoms with Crippen LogP contribution in [0.1, 0.15) is 28.4 Å². The minimum absolute atomic E-state index is 0.115. The van der Waals surface area contributed by atoms with E-state index < -0.39 is 23.5 Å². The van der Waals surface area contributed by atoms with E-state index in [2.05, 4.69) is 5.32 Å². The Hall–Kier alpha value is -3.12. The SMILES string of the molecule is Cc1ccc2c(COC(=O)[C@H](C)NC(=O)c3ccccc3Cl)cc(=O)oc2c1. The van der Waals surface area contributed by atoms with Crippen LogP contribution >= 0.6 is 11.6 Å². The predicted molar refractivity (Wildman–Crippen MR) is 105 cm³/mol. The molecule has 0 unspecified atom stereocenters. The molecule has 1 atom stereocenters. The van der Waals surface area contributed by atoms with Crippen molar-refractivity contribution < 1.29 is 18.7 Å². The third kappa shape index (κ3) is 4.40. The Morgan fingerprint density at radius 3 is 2.68 bits per heavy atom. The first kappa shape index (κ1) is 19.6. The second-order valence-electron chi connectivity index (χ2n) is 6.37. The number of carbonyl (C=O) groups is 2. The van der Waals surface area contributed by atoms with E-state index in [4.69, 9.17) is 20.8 Å². The molecule has 3 aromatic rings. The van der Waals surface area contributed by atoms with Crippen LogP contribution in [-0.4, -0.2) is 17.9 Å². The average Bonchev–Trinajstić information content (AvgIpc) is 2.65. The van der Waals surface area contributed by atoms with Crippen molar-refractivity contribution in [1.29, 1.82) is 0 Å². The van der Waals surface area contributed by atoms with Crippen molar-refractivity contribution in [3.8, 4) is 0 Å². The third-order valence-electron chi connectivity index (χ3n) is 4.18. The van der Waals surface area contributed by atoms with E-state index in [1.54, 1.807) is 36.4 Å². The van der Waals surface area contributed by atoms with Gasteiger partial charge in [-0.2, -0.15) is 0 Å². The molecule has 144 valence electrons. The Labute approximate surface area is 166 Å². The molecular formula is C21H18ClNO5. The Kier molecular flexibility index (Phi) is 5.80. The number of ether oxygens (including phenoxy) is 1. The number of hydrogen-bond acceptors (Lipinski definition) is 5. The summed E-state index contributed by atoms with van der Waals surface area (Å²) in [5.41, 5.74) is 1.65. The van der Waals surface area contributed by atoms with E-state index in [1.165, 1.54) is 13.0 Å². The molecule has 0 saturated heterocycles. The van der Waals surface area contributed by atoms with Crippen molar-refractivity contribution in [1.82, 2.24) is 5.32 Å². The predicted octanol–water partition coefficient (Wildman–Crippen LogP) is 3.62. The molecule has 0 bridgehead atoms. The quantitative estimate of drug-likeness (QED) is 0.523. The maximum Gasteiger partial charge on any atom is 0.336 e. The highest BCUT2D eigenvalue weighted by Crippen LogP contribution is 2.19. The molecule has 0 aliphatic heterocycles. The van der Waals surface area contributed by atoms with Crippen molar-refractivity contribution >= 4 is 34.4 Å². The van der Waals surface area contributed by atoms with Crippen molar-refractivity contribution in [2.45, 2.75) is 26.5 Å². The molecule has 1 N–H and O–H groups in total. The standard InChI is InChI=1S/C21H18ClNO5/c1-12-7-8-15-14(10-19(24)28-18(15)9-12)11-27-21(26)13(2)23-20(25)16-5-3-4-6-17(16)22/h3-10,13H,11H2,1-2H3,(H,23,25)/t13-/m0/s1. The molecule has 7 heteroatoms. The van der Waals surface area contributed by atoms with Crippen LogP contribution in [0.5, 0.6) is 0 Å². The van der Waals surface area contributed by atoms with Gasteiger partial charge in [-0.1, -0.05) is 35.9 Å². The van der Waals surface area contributed by atoms with Gasteiger partial charge >= 0.3 is 11.6 Å². The van der Waals surface area contributed by atoms with E-state index in [-0.39, 0.29) is 12.2 Å². The van der Waals surface area contributed by atoms with Crippen LogP contribution in [0.4, 0.5) is 0 Å². The lowest BCUT2D eigenvalue weighted by molar-refractivity contribution is -0.146. The van der Waals surface area contributed by atoms with Crippen LogP contribution in [-0.2, 0) is 16.1 Å². The first-order valence-corrected chi connectivity index (χ1v) is 8.98. The molecule has 0 fully saturated rings. The summed E-state index contributed by atoms with van der Waals surface area (Å²) in [4.78, 5) is 36.3. The number of aryl methyl sites for hydroxylation is 1. The molecule has 28 heavy (non-hydrogen) atoms. The summed E-state index contributed by atoms with van der Waals surface area (Å²) >= 11 is 5.99. The first-order chi connectivity index (χ1) is 13.3. The molecular weight excluding hydrogens is 382 g/mol. The van der Waals surface area contributed by atoms with Gasteiger partial charge in [-0.3, -0.25) is 4.79 Å². The van der Waals surface area contributed by atoms with Gasteiger partial charge in [-0.25, -0.2) is 9.59 Å². The molecule has 3 rings (SSSR count). The van der Waals surface area contributed by atoms with E-state index in [1.807, 2.05) is 13.0 Å². The lowest BCUT2D eigenvalue weighted by Crippen LogP contribution is -2.39. The number of benzene rings is 2. The molecule has 2 aromatic carbocycles. The molecule has 1 heterocycles. The summed E-state index contributed by atoms with van der Waals surface area (Å²) in [6.07, 6.45) is 0. The second-order valence-corrected chi connectivity index (χ2v) is 6.78. The minimum atomic E-state index is -0.891. The van der Waals surface area contributed by atoms with Gasteiger partial charge < -0.3 is 14.5 Å². The number of halogens is 1. The summed E-state index contributed by atoms with van der Waals surface area (Å²) < 4.78 is 10.5. The summed E-state index contributed by atoms with van der Waals surface area (Å²) in [7, 11) is 0. The van der Waals surface area contributed by atoms with Crippen LogP contribution < -0.4 is 10.9 Å². The molecule has 0 aliphatic carbocycles. The fourth-order valence-corrected chi connectivity index (χ4v) is 2.93. The number of fused-ring (bicyclic) bond motifs is 1. The average molecular weight is 400 g/mol. The van der Waals surface area contributed by atoms with E-state index in [0.29, 0.717) is 21.6 Å². The minimum Gasteiger partial charge on any atom is -0.459 e. The van der Waals surface area contributed by atoms with E-state index in [0.717, 1.165) is 5.56 Å². The lowest BCUT2D eigenvalue weighted by Gasteiger charge is -2.14. The largest absolute Gasteiger partial charge is 0.459 e. The Bertz CT molecular complexity index is 1110. The zero-order chi connectivity index (χ0) is 20.3. The smallest absolute Gasteiger partial charge is 0.336 e. The molecule has 0 radical (unpaired) electrons. The maximum absolute atomic E-state index is 12.3. The van der Waals surface area contributed by atoms with Crippen LogP contribution in [0.3, 0.4) is 0 Å². The summed E-state index contributed by atoms with van der Waals surface area (Å²) in [6.45, 7) is 3.28. The van der Waals surface area contributed by atoms with Crippen molar-refractivity contribution in [3.05, 3.63) is 80.7 Å². The maximum atomic E-state index is 12.3. The van der Waals surface area contributed by atoms with Gasteiger partial charge in [0.05, 0.1) is 10.6 Å². The van der Waals surface area contributed by atoms with Gasteiger partial charge in [0.1, 0.15) is 18.2 Å². The van der Waals surface area contributed by atoms with Crippen LogP contribution in [0.15, 0.2) is 57.7 Å². The van der Waals surface area contributed by atoms with Gasteiger partial charge in [0.2, 0.25) is 0 Å². The monoisotopic (exact) mass is 399 g/mol. The fraction of sp³-hybridized carbons (Fsp3) is 0.190. The summed E-state index contributed by atoms with van der Waals surface area (Å²) in [5, 5.41) is 3.53. The molecule has 0 saturated carbocycles. The normalized spacial score (nSPS) is 11.8. The molecule has 1 aromatic heterocycles. The highest BCUT2D eigenvalue weighted by atomic mass is 35.5. The van der Waals surface area contributed by atoms with Crippen molar-refractivity contribution in [3.63, 3.8) is 0 Å². The molecule has 0 aliphatic rings. The number of esters is 1. The number of carbonyl (C=O) groups excluding carboxylic acids is 2. The third-order valence-corrected chi connectivity index (χ3v) is 4.50. The van der Waals surface area contributed by atoms with Crippen LogP contribution in [0, 0.1) is 6.92 Å². The number of amides is 1. The van der Waals surface area contributed by atoms with E-state index in [9.17, 15) is 14.4 Å². The van der Waals surface area contributed by atoms with Gasteiger partial charge in [-0.05, 0) is 37.6 Å². The number of nitrogens with one attached hydrogen (secondary N) is 1. The Morgan fingerprint density at radius 1 is 1.18 bits per heavy atom. The van der Waals surface area contributed by atoms with Crippen molar-refractivity contribution in [2.75, 3.05) is 0 Å². The summed E-state index contributed by atoms with van der Waals surface area (Å²) in [5.74, 6) is -1.11. The fourth-order valence-electron chi connectivity index (χ4n) is 2.71. The Balaban J connectivity index is 1.69. The van der Waals surface area contributed by atoms with E-state index >= 15 is 0 Å². The molecule has 0 spiro atoms. The molecule has 6 nitrogen and oxygen atoms in total. The summed E-state index contributed by atoms with van der Waals surface area (Å²) in [6, 6.07) is 12.4. The van der Waals surface area contributed by atoms with Crippen LogP contribution in [0.2, 0.25) is 5.02 Å². The highest BCUT2D eigenvalue weighted by molar-refractivity contribution is 6.33. The first-order valence-electron chi connectivity index (χ1n) is 8.60. The van der Waals surface area contributed by atoms with Gasteiger partial charge in [-0.15, -0.1) is 0 Å². The van der Waals surface area contributed by atoms with Gasteiger partial charge in [0.15, 0.2) is 0 Å². The number of rotatable bonds is 5. The zero-order valence-corrected chi connectivity index (χ0v) is 16.1. The van der Waals surface area contributed by atoms with Crippen LogP contribution in [0.25, 0.3) is 11.0 Å². The topological polar surface area (TPSA) is 85.6 Å². The zero-order valence-electron chi connectivity index (χ0n) is 15.3. The van der Waals surface area contributed by atoms with Crippen molar-refractivity contribution in [2.24, 2.45) is 0 Å². The van der Waals surface area contributed by atoms with Gasteiger partial charge in [0.25, 0.3) is 5.91 Å². The Morgan fingerprint density at radius 2 is 1.93 bits per heavy atom. The highest BCUT2D eigenvalue weighted by Gasteiger charge is 2.20. The number of hydrogen-bond donors (Lipinski definition) is 1. The second kappa shape index (κ2) is 8.27. The van der Waals surface area contributed by atoms with Gasteiger partial charge in [0, 0.05) is 17.0 Å². The lowest BCUT2D eigenvalue weighted by atomic mass is 10.1.